The van der Waals surface area contributed by atoms with Crippen LogP contribution in [0.3, 0.4) is 0 Å². The Morgan fingerprint density at radius 1 is 1.44 bits per heavy atom. The minimum absolute atomic E-state index is 0.0614. The summed E-state index contributed by atoms with van der Waals surface area (Å²) in [6.07, 6.45) is 6.91. The SMILES string of the molecule is O=C(c1ccncc1O)N(CCO)C1CCCC1. The molecule has 0 radical (unpaired) electrons. The summed E-state index contributed by atoms with van der Waals surface area (Å²) in [7, 11) is 0. The molecule has 18 heavy (non-hydrogen) atoms. The fourth-order valence-corrected chi connectivity index (χ4v) is 2.50. The van der Waals surface area contributed by atoms with Gasteiger partial charge in [0.25, 0.3) is 5.91 Å². The quantitative estimate of drug-likeness (QED) is 0.841. The zero-order valence-corrected chi connectivity index (χ0v) is 10.2. The lowest BCUT2D eigenvalue weighted by Crippen LogP contribution is -2.40. The largest absolute Gasteiger partial charge is 0.505 e. The maximum Gasteiger partial charge on any atom is 0.258 e. The van der Waals surface area contributed by atoms with E-state index in [0.29, 0.717) is 6.54 Å². The van der Waals surface area contributed by atoms with E-state index in [-0.39, 0.29) is 29.9 Å². The third-order valence-electron chi connectivity index (χ3n) is 3.40. The van der Waals surface area contributed by atoms with Gasteiger partial charge in [0.15, 0.2) is 0 Å². The van der Waals surface area contributed by atoms with Gasteiger partial charge in [0, 0.05) is 18.8 Å². The summed E-state index contributed by atoms with van der Waals surface area (Å²) in [6.45, 7) is 0.249. The Morgan fingerprint density at radius 3 is 2.78 bits per heavy atom. The molecule has 1 amide bonds. The van der Waals surface area contributed by atoms with E-state index in [2.05, 4.69) is 4.98 Å². The first-order valence-corrected chi connectivity index (χ1v) is 6.29. The molecule has 5 nitrogen and oxygen atoms in total. The molecule has 0 saturated heterocycles. The second-order valence-corrected chi connectivity index (χ2v) is 4.55. The van der Waals surface area contributed by atoms with E-state index in [9.17, 15) is 9.90 Å². The van der Waals surface area contributed by atoms with E-state index in [0.717, 1.165) is 25.7 Å². The molecule has 0 bridgehead atoms. The van der Waals surface area contributed by atoms with Crippen molar-refractivity contribution in [3.63, 3.8) is 0 Å². The number of aliphatic hydroxyl groups is 1. The molecule has 1 aromatic heterocycles. The number of rotatable bonds is 4. The minimum atomic E-state index is -0.226. The number of pyridine rings is 1. The van der Waals surface area contributed by atoms with Crippen LogP contribution < -0.4 is 0 Å². The molecule has 0 aliphatic heterocycles. The number of carbonyl (C=O) groups excluding carboxylic acids is 1. The van der Waals surface area contributed by atoms with Crippen molar-refractivity contribution >= 4 is 5.91 Å². The van der Waals surface area contributed by atoms with Crippen LogP contribution in [0.25, 0.3) is 0 Å². The van der Waals surface area contributed by atoms with E-state index in [1.165, 1.54) is 18.5 Å². The lowest BCUT2D eigenvalue weighted by atomic mass is 10.1. The van der Waals surface area contributed by atoms with E-state index in [1.807, 2.05) is 0 Å². The summed E-state index contributed by atoms with van der Waals surface area (Å²) in [5.74, 6) is -0.334. The highest BCUT2D eigenvalue weighted by molar-refractivity contribution is 5.96. The van der Waals surface area contributed by atoms with Crippen molar-refractivity contribution in [2.45, 2.75) is 31.7 Å². The molecule has 1 heterocycles. The van der Waals surface area contributed by atoms with Crippen LogP contribution in [0.4, 0.5) is 0 Å². The molecule has 1 aliphatic carbocycles. The number of amides is 1. The minimum Gasteiger partial charge on any atom is -0.505 e. The average Bonchev–Trinajstić information content (AvgIpc) is 2.89. The topological polar surface area (TPSA) is 73.7 Å². The van der Waals surface area contributed by atoms with E-state index in [1.54, 1.807) is 4.90 Å². The Hall–Kier alpha value is -1.62. The average molecular weight is 250 g/mol. The third-order valence-corrected chi connectivity index (χ3v) is 3.40. The zero-order valence-electron chi connectivity index (χ0n) is 10.2. The highest BCUT2D eigenvalue weighted by Gasteiger charge is 2.28. The van der Waals surface area contributed by atoms with Gasteiger partial charge in [-0.15, -0.1) is 0 Å². The Kier molecular flexibility index (Phi) is 4.15. The maximum absolute atomic E-state index is 12.4. The van der Waals surface area contributed by atoms with Crippen LogP contribution >= 0.6 is 0 Å². The predicted octanol–water partition coefficient (Wildman–Crippen LogP) is 1.16. The summed E-state index contributed by atoms with van der Waals surface area (Å²) in [6, 6.07) is 1.69. The van der Waals surface area contributed by atoms with E-state index in [4.69, 9.17) is 5.11 Å². The molecular formula is C13H18N2O3. The molecule has 0 unspecified atom stereocenters. The van der Waals surface area contributed by atoms with Crippen LogP contribution in [0.1, 0.15) is 36.0 Å². The first-order chi connectivity index (χ1) is 8.74. The molecule has 1 aliphatic rings. The Bertz CT molecular complexity index is 416. The zero-order chi connectivity index (χ0) is 13.0. The molecule has 0 atom stereocenters. The number of hydrogen-bond donors (Lipinski definition) is 2. The summed E-state index contributed by atoms with van der Waals surface area (Å²) in [5.41, 5.74) is 0.255. The van der Waals surface area contributed by atoms with Gasteiger partial charge in [-0.2, -0.15) is 0 Å². The van der Waals surface area contributed by atoms with Gasteiger partial charge in [0.2, 0.25) is 0 Å². The molecule has 1 fully saturated rings. The van der Waals surface area contributed by atoms with Crippen molar-refractivity contribution in [1.82, 2.24) is 9.88 Å². The van der Waals surface area contributed by atoms with E-state index < -0.39 is 0 Å². The summed E-state index contributed by atoms with van der Waals surface area (Å²) in [4.78, 5) is 17.8. The second kappa shape index (κ2) is 5.82. The van der Waals surface area contributed by atoms with Gasteiger partial charge in [0.05, 0.1) is 18.4 Å². The molecule has 1 aromatic rings. The molecule has 98 valence electrons. The molecule has 2 rings (SSSR count). The smallest absolute Gasteiger partial charge is 0.258 e. The Balaban J connectivity index is 2.20. The van der Waals surface area contributed by atoms with Gasteiger partial charge < -0.3 is 15.1 Å². The standard InChI is InChI=1S/C13H18N2O3/c16-8-7-15(10-3-1-2-4-10)13(18)11-5-6-14-9-12(11)17/h5-6,9-10,16-17H,1-4,7-8H2. The third kappa shape index (κ3) is 2.61. The van der Waals surface area contributed by atoms with Gasteiger partial charge in [-0.25, -0.2) is 0 Å². The first-order valence-electron chi connectivity index (χ1n) is 6.29. The number of aromatic hydroxyl groups is 1. The Labute approximate surface area is 106 Å². The summed E-state index contributed by atoms with van der Waals surface area (Å²) >= 11 is 0. The number of aromatic nitrogens is 1. The molecule has 0 aromatic carbocycles. The highest BCUT2D eigenvalue weighted by Crippen LogP contribution is 2.26. The fourth-order valence-electron chi connectivity index (χ4n) is 2.50. The highest BCUT2D eigenvalue weighted by atomic mass is 16.3. The van der Waals surface area contributed by atoms with E-state index >= 15 is 0 Å². The van der Waals surface area contributed by atoms with Gasteiger partial charge in [-0.05, 0) is 18.9 Å². The fraction of sp³-hybridized carbons (Fsp3) is 0.538. The Morgan fingerprint density at radius 2 is 2.17 bits per heavy atom. The number of hydrogen-bond acceptors (Lipinski definition) is 4. The lowest BCUT2D eigenvalue weighted by molar-refractivity contribution is 0.0635. The molecule has 1 saturated carbocycles. The summed E-state index contributed by atoms with van der Waals surface area (Å²) < 4.78 is 0. The molecule has 2 N–H and O–H groups in total. The molecule has 5 heteroatoms. The van der Waals surface area contributed by atoms with Crippen LogP contribution in [0.5, 0.6) is 5.75 Å². The van der Waals surface area contributed by atoms with Gasteiger partial charge >= 0.3 is 0 Å². The van der Waals surface area contributed by atoms with Crippen molar-refractivity contribution < 1.29 is 15.0 Å². The van der Waals surface area contributed by atoms with Crippen LogP contribution in [-0.4, -0.2) is 45.2 Å². The number of aliphatic hydroxyl groups excluding tert-OH is 1. The maximum atomic E-state index is 12.4. The van der Waals surface area contributed by atoms with Crippen LogP contribution in [0.15, 0.2) is 18.5 Å². The monoisotopic (exact) mass is 250 g/mol. The van der Waals surface area contributed by atoms with Crippen LogP contribution in [0, 0.1) is 0 Å². The lowest BCUT2D eigenvalue weighted by Gasteiger charge is -2.28. The van der Waals surface area contributed by atoms with Crippen molar-refractivity contribution in [3.05, 3.63) is 24.0 Å². The van der Waals surface area contributed by atoms with Crippen LogP contribution in [0.2, 0.25) is 0 Å². The van der Waals surface area contributed by atoms with Crippen LogP contribution in [-0.2, 0) is 0 Å². The molecular weight excluding hydrogens is 232 g/mol. The summed E-state index contributed by atoms with van der Waals surface area (Å²) in [5, 5.41) is 18.8. The van der Waals surface area contributed by atoms with Crippen molar-refractivity contribution in [1.29, 1.82) is 0 Å². The van der Waals surface area contributed by atoms with Gasteiger partial charge in [-0.3, -0.25) is 9.78 Å². The number of nitrogens with zero attached hydrogens (tertiary/aromatic N) is 2. The number of carbonyl (C=O) groups is 1. The normalized spacial score (nSPS) is 15.8. The van der Waals surface area contributed by atoms with Crippen molar-refractivity contribution in [2.24, 2.45) is 0 Å². The molecule has 0 spiro atoms. The second-order valence-electron chi connectivity index (χ2n) is 4.55. The van der Waals surface area contributed by atoms with Gasteiger partial charge in [-0.1, -0.05) is 12.8 Å². The van der Waals surface area contributed by atoms with Crippen molar-refractivity contribution in [3.8, 4) is 5.75 Å². The first kappa shape index (κ1) is 12.8. The predicted molar refractivity (Wildman–Crippen MR) is 66.3 cm³/mol. The van der Waals surface area contributed by atoms with Crippen molar-refractivity contribution in [2.75, 3.05) is 13.2 Å². The van der Waals surface area contributed by atoms with Gasteiger partial charge in [0.1, 0.15) is 5.75 Å².